The molecule has 1 aromatic carbocycles. The lowest BCUT2D eigenvalue weighted by Gasteiger charge is -2.15. The van der Waals surface area contributed by atoms with Crippen LogP contribution in [0.4, 0.5) is 4.79 Å². The maximum atomic E-state index is 12.1. The number of urea groups is 1. The van der Waals surface area contributed by atoms with Gasteiger partial charge in [-0.25, -0.2) is 4.79 Å². The molecule has 120 valence electrons. The molecular formula is C15H19ClN2O3S. The molecule has 3 amide bonds. The second kappa shape index (κ2) is 6.79. The summed E-state index contributed by atoms with van der Waals surface area (Å²) in [7, 11) is -1.11. The average molecular weight is 343 g/mol. The lowest BCUT2D eigenvalue weighted by molar-refractivity contribution is -0.130. The van der Waals surface area contributed by atoms with Gasteiger partial charge in [0, 0.05) is 33.9 Å². The topological polar surface area (TPSA) is 66.5 Å². The number of carbonyl (C=O) groups excluding carboxylic acids is 2. The zero-order valence-corrected chi connectivity index (χ0v) is 14.2. The van der Waals surface area contributed by atoms with Crippen molar-refractivity contribution in [2.24, 2.45) is 0 Å². The Morgan fingerprint density at radius 1 is 1.23 bits per heavy atom. The highest BCUT2D eigenvalue weighted by atomic mass is 35.5. The number of halogens is 1. The zero-order chi connectivity index (χ0) is 16.3. The molecule has 1 saturated heterocycles. The van der Waals surface area contributed by atoms with Crippen LogP contribution in [0.5, 0.6) is 0 Å². The number of carbonyl (C=O) groups is 2. The minimum atomic E-state index is -1.11. The highest BCUT2D eigenvalue weighted by Crippen LogP contribution is 2.17. The van der Waals surface area contributed by atoms with Gasteiger partial charge in [0.2, 0.25) is 0 Å². The van der Waals surface area contributed by atoms with Gasteiger partial charge in [0.05, 0.1) is 0 Å². The molecule has 7 heteroatoms. The second-order valence-electron chi connectivity index (χ2n) is 5.70. The van der Waals surface area contributed by atoms with E-state index in [2.05, 4.69) is 5.32 Å². The van der Waals surface area contributed by atoms with E-state index in [-0.39, 0.29) is 18.2 Å². The fraction of sp³-hybridized carbons (Fsp3) is 0.467. The molecule has 0 aliphatic carbocycles. The summed E-state index contributed by atoms with van der Waals surface area (Å²) in [5.41, 5.74) is 0.0736. The van der Waals surface area contributed by atoms with Crippen LogP contribution >= 0.6 is 11.6 Å². The minimum absolute atomic E-state index is 0.170. The van der Waals surface area contributed by atoms with Crippen LogP contribution in [0.2, 0.25) is 5.02 Å². The summed E-state index contributed by atoms with van der Waals surface area (Å²) in [6, 6.07) is 7.02. The van der Waals surface area contributed by atoms with Crippen molar-refractivity contribution in [3.05, 3.63) is 34.9 Å². The first-order valence-electron chi connectivity index (χ1n) is 7.04. The van der Waals surface area contributed by atoms with Gasteiger partial charge in [0.25, 0.3) is 5.91 Å². The predicted molar refractivity (Wildman–Crippen MR) is 87.4 cm³/mol. The van der Waals surface area contributed by atoms with Crippen LogP contribution in [0.25, 0.3) is 0 Å². The van der Waals surface area contributed by atoms with Gasteiger partial charge in [-0.2, -0.15) is 0 Å². The van der Waals surface area contributed by atoms with Crippen molar-refractivity contribution in [1.82, 2.24) is 10.2 Å². The van der Waals surface area contributed by atoms with Crippen molar-refractivity contribution in [2.45, 2.75) is 25.8 Å². The first-order valence-corrected chi connectivity index (χ1v) is 8.90. The molecule has 1 aromatic rings. The molecule has 1 atom stereocenters. The fourth-order valence-electron chi connectivity index (χ4n) is 2.24. The SMILES string of the molecule is CC1(C)NC(=O)N(CC[S@@](=O)CCc2ccccc2Cl)C1=O. The van der Waals surface area contributed by atoms with Crippen LogP contribution in [-0.4, -0.2) is 44.6 Å². The van der Waals surface area contributed by atoms with E-state index in [9.17, 15) is 13.8 Å². The van der Waals surface area contributed by atoms with E-state index in [1.807, 2.05) is 18.2 Å². The molecule has 0 bridgehead atoms. The Kier molecular flexibility index (Phi) is 5.24. The Labute approximate surface area is 137 Å². The number of rotatable bonds is 6. The van der Waals surface area contributed by atoms with E-state index in [0.717, 1.165) is 10.5 Å². The quantitative estimate of drug-likeness (QED) is 0.804. The van der Waals surface area contributed by atoms with E-state index in [1.165, 1.54) is 0 Å². The molecule has 0 unspecified atom stereocenters. The molecule has 1 aliphatic heterocycles. The van der Waals surface area contributed by atoms with Gasteiger partial charge in [-0.3, -0.25) is 13.9 Å². The summed E-state index contributed by atoms with van der Waals surface area (Å²) in [5, 5.41) is 3.27. The van der Waals surface area contributed by atoms with Gasteiger partial charge in [0.15, 0.2) is 0 Å². The van der Waals surface area contributed by atoms with Crippen molar-refractivity contribution in [3.63, 3.8) is 0 Å². The molecule has 1 N–H and O–H groups in total. The van der Waals surface area contributed by atoms with E-state index < -0.39 is 22.4 Å². The lowest BCUT2D eigenvalue weighted by atomic mass is 10.1. The van der Waals surface area contributed by atoms with Gasteiger partial charge in [0.1, 0.15) is 5.54 Å². The number of nitrogens with zero attached hydrogens (tertiary/aromatic N) is 1. The standard InChI is InChI=1S/C15H19ClN2O3S/c1-15(2)13(19)18(14(20)17-15)8-10-22(21)9-7-11-5-3-4-6-12(11)16/h3-6H,7-10H2,1-2H3,(H,17,20)/t22-/m0/s1. The van der Waals surface area contributed by atoms with Crippen LogP contribution in [-0.2, 0) is 22.0 Å². The molecule has 0 radical (unpaired) electrons. The largest absolute Gasteiger partial charge is 0.325 e. The summed E-state index contributed by atoms with van der Waals surface area (Å²) in [6.07, 6.45) is 0.609. The molecule has 22 heavy (non-hydrogen) atoms. The molecule has 0 saturated carbocycles. The van der Waals surface area contributed by atoms with E-state index >= 15 is 0 Å². The molecule has 2 rings (SSSR count). The summed E-state index contributed by atoms with van der Waals surface area (Å²) in [6.45, 7) is 3.48. The van der Waals surface area contributed by atoms with Crippen molar-refractivity contribution < 1.29 is 13.8 Å². The third-order valence-corrected chi connectivity index (χ3v) is 5.21. The van der Waals surface area contributed by atoms with Gasteiger partial charge >= 0.3 is 6.03 Å². The van der Waals surface area contributed by atoms with Crippen molar-refractivity contribution in [2.75, 3.05) is 18.1 Å². The zero-order valence-electron chi connectivity index (χ0n) is 12.6. The van der Waals surface area contributed by atoms with Gasteiger partial charge in [-0.1, -0.05) is 29.8 Å². The number of hydrogen-bond acceptors (Lipinski definition) is 3. The van der Waals surface area contributed by atoms with Crippen LogP contribution in [0.15, 0.2) is 24.3 Å². The first-order chi connectivity index (χ1) is 10.3. The Morgan fingerprint density at radius 3 is 2.50 bits per heavy atom. The van der Waals surface area contributed by atoms with Crippen LogP contribution < -0.4 is 5.32 Å². The predicted octanol–water partition coefficient (Wildman–Crippen LogP) is 1.96. The summed E-state index contributed by atoms with van der Waals surface area (Å²) >= 11 is 6.05. The molecule has 1 aliphatic rings. The summed E-state index contributed by atoms with van der Waals surface area (Å²) in [4.78, 5) is 24.8. The minimum Gasteiger partial charge on any atom is -0.324 e. The fourth-order valence-corrected chi connectivity index (χ4v) is 3.51. The van der Waals surface area contributed by atoms with Crippen LogP contribution in [0.3, 0.4) is 0 Å². The molecule has 1 heterocycles. The number of amides is 3. The van der Waals surface area contributed by atoms with Crippen LogP contribution in [0.1, 0.15) is 19.4 Å². The number of benzene rings is 1. The highest BCUT2D eigenvalue weighted by Gasteiger charge is 2.43. The van der Waals surface area contributed by atoms with E-state index in [4.69, 9.17) is 11.6 Å². The van der Waals surface area contributed by atoms with Gasteiger partial charge in [-0.15, -0.1) is 0 Å². The van der Waals surface area contributed by atoms with Gasteiger partial charge in [-0.05, 0) is 31.9 Å². The van der Waals surface area contributed by atoms with Crippen molar-refractivity contribution in [3.8, 4) is 0 Å². The Bertz CT molecular complexity index is 619. The number of nitrogens with one attached hydrogen (secondary N) is 1. The Morgan fingerprint density at radius 2 is 1.91 bits per heavy atom. The molecule has 1 fully saturated rings. The maximum Gasteiger partial charge on any atom is 0.325 e. The Balaban J connectivity index is 1.83. The van der Waals surface area contributed by atoms with Crippen molar-refractivity contribution in [1.29, 1.82) is 0 Å². The normalized spacial score (nSPS) is 18.4. The van der Waals surface area contributed by atoms with Gasteiger partial charge < -0.3 is 5.32 Å². The number of aryl methyl sites for hydroxylation is 1. The molecule has 0 aromatic heterocycles. The lowest BCUT2D eigenvalue weighted by Crippen LogP contribution is -2.40. The highest BCUT2D eigenvalue weighted by molar-refractivity contribution is 7.85. The van der Waals surface area contributed by atoms with Crippen LogP contribution in [0, 0.1) is 0 Å². The maximum absolute atomic E-state index is 12.1. The Hall–Kier alpha value is -1.40. The smallest absolute Gasteiger partial charge is 0.324 e. The van der Waals surface area contributed by atoms with E-state index in [1.54, 1.807) is 19.9 Å². The monoisotopic (exact) mass is 342 g/mol. The summed E-state index contributed by atoms with van der Waals surface area (Å²) in [5.74, 6) is 0.455. The average Bonchev–Trinajstić information content (AvgIpc) is 2.64. The number of hydrogen-bond donors (Lipinski definition) is 1. The third kappa shape index (κ3) is 3.87. The summed E-state index contributed by atoms with van der Waals surface area (Å²) < 4.78 is 12.1. The number of imide groups is 1. The molecular weight excluding hydrogens is 324 g/mol. The second-order valence-corrected chi connectivity index (χ2v) is 7.80. The molecule has 0 spiro atoms. The third-order valence-electron chi connectivity index (χ3n) is 3.54. The first kappa shape index (κ1) is 17.0. The molecule has 5 nitrogen and oxygen atoms in total. The van der Waals surface area contributed by atoms with E-state index in [0.29, 0.717) is 17.2 Å². The van der Waals surface area contributed by atoms with Crippen molar-refractivity contribution >= 4 is 34.3 Å².